The standard InChI is InChI=1S/C10H14BrN3O3/c1-6(11)3-7(2)13-10(15)9-4-8(5-12-9)14(16)17/h4-7,12H,3H2,1-2H3,(H,13,15). The molecule has 0 saturated carbocycles. The molecule has 0 aliphatic carbocycles. The van der Waals surface area contributed by atoms with Gasteiger partial charge < -0.3 is 10.3 Å². The van der Waals surface area contributed by atoms with Gasteiger partial charge in [-0.05, 0) is 13.3 Å². The lowest BCUT2D eigenvalue weighted by Gasteiger charge is -2.14. The zero-order chi connectivity index (χ0) is 13.0. The molecule has 17 heavy (non-hydrogen) atoms. The van der Waals surface area contributed by atoms with Gasteiger partial charge >= 0.3 is 0 Å². The van der Waals surface area contributed by atoms with Crippen molar-refractivity contribution < 1.29 is 9.72 Å². The van der Waals surface area contributed by atoms with Gasteiger partial charge in [0.1, 0.15) is 5.69 Å². The van der Waals surface area contributed by atoms with E-state index in [-0.39, 0.29) is 23.3 Å². The number of nitrogens with zero attached hydrogens (tertiary/aromatic N) is 1. The Kier molecular flexibility index (Phi) is 4.68. The van der Waals surface area contributed by atoms with E-state index in [1.165, 1.54) is 12.3 Å². The number of amides is 1. The molecule has 0 bridgehead atoms. The average Bonchev–Trinajstić information content (AvgIpc) is 2.64. The van der Waals surface area contributed by atoms with Gasteiger partial charge in [-0.3, -0.25) is 14.9 Å². The van der Waals surface area contributed by atoms with Crippen molar-refractivity contribution in [3.05, 3.63) is 28.1 Å². The molecule has 0 aliphatic heterocycles. The van der Waals surface area contributed by atoms with Crippen LogP contribution < -0.4 is 5.32 Å². The number of hydrogen-bond donors (Lipinski definition) is 2. The number of rotatable bonds is 5. The van der Waals surface area contributed by atoms with Gasteiger partial charge in [-0.2, -0.15) is 0 Å². The summed E-state index contributed by atoms with van der Waals surface area (Å²) in [7, 11) is 0. The Hall–Kier alpha value is -1.37. The first kappa shape index (κ1) is 13.7. The van der Waals surface area contributed by atoms with E-state index in [2.05, 4.69) is 26.2 Å². The maximum Gasteiger partial charge on any atom is 0.287 e. The van der Waals surface area contributed by atoms with Crippen molar-refractivity contribution in [1.82, 2.24) is 10.3 Å². The lowest BCUT2D eigenvalue weighted by Crippen LogP contribution is -2.34. The fourth-order valence-corrected chi connectivity index (χ4v) is 2.03. The zero-order valence-electron chi connectivity index (χ0n) is 9.57. The summed E-state index contributed by atoms with van der Waals surface area (Å²) in [6.45, 7) is 3.87. The van der Waals surface area contributed by atoms with E-state index in [9.17, 15) is 14.9 Å². The molecule has 1 heterocycles. The largest absolute Gasteiger partial charge is 0.351 e. The van der Waals surface area contributed by atoms with E-state index in [0.29, 0.717) is 4.83 Å². The average molecular weight is 304 g/mol. The lowest BCUT2D eigenvalue weighted by molar-refractivity contribution is -0.384. The number of carbonyl (C=O) groups excluding carboxylic acids is 1. The van der Waals surface area contributed by atoms with Crippen LogP contribution in [0.1, 0.15) is 30.8 Å². The van der Waals surface area contributed by atoms with E-state index in [1.807, 2.05) is 13.8 Å². The number of nitro groups is 1. The van der Waals surface area contributed by atoms with Gasteiger partial charge in [0, 0.05) is 16.9 Å². The third-order valence-corrected chi connectivity index (χ3v) is 2.55. The van der Waals surface area contributed by atoms with Crippen molar-refractivity contribution in [3.63, 3.8) is 0 Å². The predicted octanol–water partition coefficient (Wildman–Crippen LogP) is 2.21. The minimum Gasteiger partial charge on any atom is -0.351 e. The summed E-state index contributed by atoms with van der Waals surface area (Å²) in [6, 6.07) is 1.22. The van der Waals surface area contributed by atoms with Crippen LogP contribution in [-0.4, -0.2) is 26.7 Å². The first-order valence-corrected chi connectivity index (χ1v) is 6.09. The number of H-pyrrole nitrogens is 1. The minimum atomic E-state index is -0.544. The summed E-state index contributed by atoms with van der Waals surface area (Å²) in [4.78, 5) is 24.5. The third-order valence-electron chi connectivity index (χ3n) is 2.18. The second-order valence-electron chi connectivity index (χ2n) is 3.92. The van der Waals surface area contributed by atoms with Gasteiger partial charge in [0.15, 0.2) is 0 Å². The molecule has 7 heteroatoms. The highest BCUT2D eigenvalue weighted by molar-refractivity contribution is 9.09. The molecular weight excluding hydrogens is 290 g/mol. The van der Waals surface area contributed by atoms with Crippen LogP contribution in [0.25, 0.3) is 0 Å². The molecule has 0 saturated heterocycles. The number of hydrogen-bond acceptors (Lipinski definition) is 3. The van der Waals surface area contributed by atoms with Crippen molar-refractivity contribution in [2.24, 2.45) is 0 Å². The number of halogens is 1. The number of nitrogens with one attached hydrogen (secondary N) is 2. The van der Waals surface area contributed by atoms with Crippen LogP contribution >= 0.6 is 15.9 Å². The van der Waals surface area contributed by atoms with Crippen LogP contribution in [0.3, 0.4) is 0 Å². The Morgan fingerprint density at radius 3 is 2.76 bits per heavy atom. The Balaban J connectivity index is 2.60. The molecule has 1 aromatic heterocycles. The van der Waals surface area contributed by atoms with Crippen LogP contribution in [0.5, 0.6) is 0 Å². The molecule has 94 valence electrons. The van der Waals surface area contributed by atoms with Gasteiger partial charge in [-0.1, -0.05) is 22.9 Å². The highest BCUT2D eigenvalue weighted by Crippen LogP contribution is 2.13. The highest BCUT2D eigenvalue weighted by atomic mass is 79.9. The smallest absolute Gasteiger partial charge is 0.287 e. The van der Waals surface area contributed by atoms with Crippen molar-refractivity contribution >= 4 is 27.5 Å². The van der Waals surface area contributed by atoms with E-state index in [1.54, 1.807) is 0 Å². The minimum absolute atomic E-state index is 0.000712. The quantitative estimate of drug-likeness (QED) is 0.496. The first-order chi connectivity index (χ1) is 7.90. The predicted molar refractivity (Wildman–Crippen MR) is 67.4 cm³/mol. The number of carbonyl (C=O) groups is 1. The zero-order valence-corrected chi connectivity index (χ0v) is 11.2. The normalized spacial score (nSPS) is 14.1. The van der Waals surface area contributed by atoms with Crippen LogP contribution in [0, 0.1) is 10.1 Å². The van der Waals surface area contributed by atoms with Crippen molar-refractivity contribution in [2.45, 2.75) is 31.1 Å². The monoisotopic (exact) mass is 303 g/mol. The van der Waals surface area contributed by atoms with Gasteiger partial charge in [-0.25, -0.2) is 0 Å². The van der Waals surface area contributed by atoms with Crippen molar-refractivity contribution in [1.29, 1.82) is 0 Å². The molecule has 0 radical (unpaired) electrons. The maximum absolute atomic E-state index is 11.7. The topological polar surface area (TPSA) is 88.0 Å². The summed E-state index contributed by atoms with van der Waals surface area (Å²) in [6.07, 6.45) is 1.99. The second kappa shape index (κ2) is 5.81. The van der Waals surface area contributed by atoms with Crippen molar-refractivity contribution in [3.8, 4) is 0 Å². The van der Waals surface area contributed by atoms with Gasteiger partial charge in [0.25, 0.3) is 11.6 Å². The molecule has 2 unspecified atom stereocenters. The van der Waals surface area contributed by atoms with E-state index >= 15 is 0 Å². The molecule has 0 spiro atoms. The van der Waals surface area contributed by atoms with E-state index in [4.69, 9.17) is 0 Å². The number of alkyl halides is 1. The fraction of sp³-hybridized carbons (Fsp3) is 0.500. The molecule has 0 aromatic carbocycles. The van der Waals surface area contributed by atoms with Gasteiger partial charge in [-0.15, -0.1) is 0 Å². The molecule has 1 aromatic rings. The Bertz CT molecular complexity index is 417. The van der Waals surface area contributed by atoms with Crippen LogP contribution in [0.2, 0.25) is 0 Å². The maximum atomic E-state index is 11.7. The number of aromatic nitrogens is 1. The van der Waals surface area contributed by atoms with Gasteiger partial charge in [0.2, 0.25) is 0 Å². The van der Waals surface area contributed by atoms with E-state index in [0.717, 1.165) is 6.42 Å². The molecule has 2 N–H and O–H groups in total. The lowest BCUT2D eigenvalue weighted by atomic mass is 10.2. The van der Waals surface area contributed by atoms with Crippen LogP contribution in [-0.2, 0) is 0 Å². The SMILES string of the molecule is CC(Br)CC(C)NC(=O)c1cc([N+](=O)[O-])c[nH]1. The molecule has 2 atom stereocenters. The highest BCUT2D eigenvalue weighted by Gasteiger charge is 2.16. The Morgan fingerprint density at radius 2 is 2.29 bits per heavy atom. The third kappa shape index (κ3) is 4.18. The molecular formula is C10H14BrN3O3. The Labute approximate surface area is 107 Å². The molecule has 1 rings (SSSR count). The summed E-state index contributed by atoms with van der Waals surface area (Å²) in [5.74, 6) is -0.334. The summed E-state index contributed by atoms with van der Waals surface area (Å²) >= 11 is 3.40. The fourth-order valence-electron chi connectivity index (χ4n) is 1.47. The first-order valence-electron chi connectivity index (χ1n) is 5.18. The molecule has 6 nitrogen and oxygen atoms in total. The number of aromatic amines is 1. The molecule has 0 aliphatic rings. The van der Waals surface area contributed by atoms with Crippen LogP contribution in [0.15, 0.2) is 12.3 Å². The Morgan fingerprint density at radius 1 is 1.65 bits per heavy atom. The summed E-state index contributed by atoms with van der Waals surface area (Å²) < 4.78 is 0. The molecule has 0 fully saturated rings. The van der Waals surface area contributed by atoms with E-state index < -0.39 is 4.92 Å². The van der Waals surface area contributed by atoms with Crippen LogP contribution in [0.4, 0.5) is 5.69 Å². The summed E-state index contributed by atoms with van der Waals surface area (Å²) in [5, 5.41) is 13.2. The van der Waals surface area contributed by atoms with Crippen molar-refractivity contribution in [2.75, 3.05) is 0 Å². The van der Waals surface area contributed by atoms with Gasteiger partial charge in [0.05, 0.1) is 11.1 Å². The molecule has 1 amide bonds. The second-order valence-corrected chi connectivity index (χ2v) is 5.48. The summed E-state index contributed by atoms with van der Waals surface area (Å²) in [5.41, 5.74) is 0.0856.